The maximum absolute atomic E-state index is 12.9. The van der Waals surface area contributed by atoms with Crippen LogP contribution in [0.1, 0.15) is 16.1 Å². The number of thiazole rings is 1. The van der Waals surface area contributed by atoms with Crippen molar-refractivity contribution in [3.63, 3.8) is 0 Å². The Balaban J connectivity index is 1.48. The Bertz CT molecular complexity index is 964. The van der Waals surface area contributed by atoms with E-state index in [9.17, 15) is 18.0 Å². The van der Waals surface area contributed by atoms with Crippen molar-refractivity contribution in [2.24, 2.45) is 0 Å². The third kappa shape index (κ3) is 3.00. The predicted octanol–water partition coefficient (Wildman–Crippen LogP) is 0.784. The van der Waals surface area contributed by atoms with E-state index in [-0.39, 0.29) is 36.2 Å². The van der Waals surface area contributed by atoms with Crippen LogP contribution in [0.3, 0.4) is 0 Å². The first kappa shape index (κ1) is 17.1. The zero-order valence-corrected chi connectivity index (χ0v) is 15.3. The van der Waals surface area contributed by atoms with Gasteiger partial charge in [0, 0.05) is 37.2 Å². The third-order valence-corrected chi connectivity index (χ3v) is 7.00. The van der Waals surface area contributed by atoms with Crippen molar-refractivity contribution in [2.75, 3.05) is 31.5 Å². The first-order valence-corrected chi connectivity index (χ1v) is 10.4. The second-order valence-electron chi connectivity index (χ2n) is 6.11. The van der Waals surface area contributed by atoms with Gasteiger partial charge in [0.25, 0.3) is 5.91 Å². The van der Waals surface area contributed by atoms with E-state index in [1.54, 1.807) is 27.9 Å². The number of aromatic nitrogens is 1. The van der Waals surface area contributed by atoms with Crippen molar-refractivity contribution < 1.29 is 18.0 Å². The summed E-state index contributed by atoms with van der Waals surface area (Å²) in [5.74, 6) is -0.311. The number of rotatable bonds is 3. The number of fused-ring (bicyclic) bond motifs is 1. The smallest absolute Gasteiger partial charge is 0.273 e. The average molecular weight is 392 g/mol. The van der Waals surface area contributed by atoms with Gasteiger partial charge >= 0.3 is 0 Å². The number of carbonyl (C=O) groups is 2. The van der Waals surface area contributed by atoms with Crippen LogP contribution in [0.15, 0.2) is 34.0 Å². The fraction of sp³-hybridized carbons (Fsp3) is 0.312. The first-order chi connectivity index (χ1) is 12.4. The second kappa shape index (κ2) is 6.45. The van der Waals surface area contributed by atoms with Crippen LogP contribution in [-0.4, -0.2) is 60.6 Å². The predicted molar refractivity (Wildman–Crippen MR) is 95.6 cm³/mol. The van der Waals surface area contributed by atoms with E-state index >= 15 is 0 Å². The highest BCUT2D eigenvalue weighted by molar-refractivity contribution is 7.89. The fourth-order valence-electron chi connectivity index (χ4n) is 3.13. The number of sulfonamides is 1. The van der Waals surface area contributed by atoms with Gasteiger partial charge in [0.15, 0.2) is 0 Å². The van der Waals surface area contributed by atoms with Crippen LogP contribution >= 0.6 is 11.3 Å². The van der Waals surface area contributed by atoms with Crippen LogP contribution in [0, 0.1) is 0 Å². The van der Waals surface area contributed by atoms with E-state index in [0.29, 0.717) is 30.0 Å². The normalized spacial score (nSPS) is 17.8. The molecular weight excluding hydrogens is 376 g/mol. The molecule has 0 spiro atoms. The molecule has 1 aromatic heterocycles. The lowest BCUT2D eigenvalue weighted by Crippen LogP contribution is -2.50. The maximum Gasteiger partial charge on any atom is 0.273 e. The van der Waals surface area contributed by atoms with Gasteiger partial charge in [-0.3, -0.25) is 9.59 Å². The lowest BCUT2D eigenvalue weighted by atomic mass is 10.2. The molecule has 10 heteroatoms. The SMILES string of the molecule is O=C1Cc2cc(S(=O)(=O)N3CCN(C(=O)c4cscn4)CC3)ccc2N1. The number of benzene rings is 1. The molecule has 8 nitrogen and oxygen atoms in total. The molecule has 2 aliphatic rings. The highest BCUT2D eigenvalue weighted by Crippen LogP contribution is 2.27. The summed E-state index contributed by atoms with van der Waals surface area (Å²) in [6, 6.07) is 4.68. The highest BCUT2D eigenvalue weighted by Gasteiger charge is 2.32. The zero-order chi connectivity index (χ0) is 18.3. The molecule has 26 heavy (non-hydrogen) atoms. The largest absolute Gasteiger partial charge is 0.335 e. The summed E-state index contributed by atoms with van der Waals surface area (Å²) in [4.78, 5) is 29.6. The van der Waals surface area contributed by atoms with Gasteiger partial charge in [-0.15, -0.1) is 11.3 Å². The molecule has 1 aromatic carbocycles. The maximum atomic E-state index is 12.9. The molecule has 0 radical (unpaired) electrons. The van der Waals surface area contributed by atoms with Gasteiger partial charge in [0.2, 0.25) is 15.9 Å². The Morgan fingerprint density at radius 1 is 1.19 bits per heavy atom. The van der Waals surface area contributed by atoms with Gasteiger partial charge in [-0.05, 0) is 23.8 Å². The number of hydrogen-bond acceptors (Lipinski definition) is 6. The number of amides is 2. The molecule has 1 N–H and O–H groups in total. The molecule has 2 amide bonds. The Labute approximate surface area is 154 Å². The molecule has 0 saturated carbocycles. The molecule has 4 rings (SSSR count). The Hall–Kier alpha value is -2.30. The van der Waals surface area contributed by atoms with E-state index in [1.807, 2.05) is 0 Å². The molecule has 2 aliphatic heterocycles. The molecule has 3 heterocycles. The molecule has 0 aliphatic carbocycles. The molecule has 1 fully saturated rings. The minimum absolute atomic E-state index is 0.135. The van der Waals surface area contributed by atoms with Gasteiger partial charge < -0.3 is 10.2 Å². The van der Waals surface area contributed by atoms with Gasteiger partial charge in [0.05, 0.1) is 16.8 Å². The number of nitrogens with zero attached hydrogens (tertiary/aromatic N) is 3. The van der Waals surface area contributed by atoms with Crippen molar-refractivity contribution in [3.8, 4) is 0 Å². The molecule has 0 bridgehead atoms. The van der Waals surface area contributed by atoms with Gasteiger partial charge in [-0.2, -0.15) is 4.31 Å². The second-order valence-corrected chi connectivity index (χ2v) is 8.77. The minimum atomic E-state index is -3.66. The van der Waals surface area contributed by atoms with Crippen LogP contribution in [-0.2, 0) is 21.2 Å². The Kier molecular flexibility index (Phi) is 4.25. The van der Waals surface area contributed by atoms with Gasteiger partial charge in [-0.1, -0.05) is 0 Å². The number of piperazine rings is 1. The summed E-state index contributed by atoms with van der Waals surface area (Å²) >= 11 is 1.35. The number of anilines is 1. The summed E-state index contributed by atoms with van der Waals surface area (Å²) in [5, 5.41) is 4.38. The van der Waals surface area contributed by atoms with Crippen molar-refractivity contribution in [1.29, 1.82) is 0 Å². The fourth-order valence-corrected chi connectivity index (χ4v) is 5.13. The van der Waals surface area contributed by atoms with Crippen LogP contribution < -0.4 is 5.32 Å². The quantitative estimate of drug-likeness (QED) is 0.832. The standard InChI is InChI=1S/C16H16N4O4S2/c21-15-8-11-7-12(1-2-13(11)18-15)26(23,24)20-5-3-19(4-6-20)16(22)14-9-25-10-17-14/h1-2,7,9-10H,3-6,8H2,(H,18,21). The molecule has 0 unspecified atom stereocenters. The Morgan fingerprint density at radius 3 is 2.65 bits per heavy atom. The summed E-state index contributed by atoms with van der Waals surface area (Å²) < 4.78 is 27.1. The van der Waals surface area contributed by atoms with E-state index < -0.39 is 10.0 Å². The lowest BCUT2D eigenvalue weighted by molar-refractivity contribution is -0.115. The van der Waals surface area contributed by atoms with Crippen molar-refractivity contribution in [1.82, 2.24) is 14.2 Å². The Morgan fingerprint density at radius 2 is 1.96 bits per heavy atom. The van der Waals surface area contributed by atoms with Crippen LogP contribution in [0.2, 0.25) is 0 Å². The van der Waals surface area contributed by atoms with Crippen LogP contribution in [0.5, 0.6) is 0 Å². The van der Waals surface area contributed by atoms with Crippen LogP contribution in [0.4, 0.5) is 5.69 Å². The summed E-state index contributed by atoms with van der Waals surface area (Å²) in [6.45, 7) is 1.10. The molecule has 2 aromatic rings. The van der Waals surface area contributed by atoms with Gasteiger partial charge in [-0.25, -0.2) is 13.4 Å². The number of hydrogen-bond donors (Lipinski definition) is 1. The van der Waals surface area contributed by atoms with Crippen molar-refractivity contribution >= 4 is 38.9 Å². The van der Waals surface area contributed by atoms with Gasteiger partial charge in [0.1, 0.15) is 5.69 Å². The first-order valence-electron chi connectivity index (χ1n) is 8.05. The summed E-state index contributed by atoms with van der Waals surface area (Å²) in [7, 11) is -3.66. The summed E-state index contributed by atoms with van der Waals surface area (Å²) in [6.07, 6.45) is 0.189. The molecule has 1 saturated heterocycles. The topological polar surface area (TPSA) is 99.7 Å². The van der Waals surface area contributed by atoms with E-state index in [0.717, 1.165) is 0 Å². The number of nitrogens with one attached hydrogen (secondary N) is 1. The number of carbonyl (C=O) groups excluding carboxylic acids is 2. The van der Waals surface area contributed by atoms with E-state index in [2.05, 4.69) is 10.3 Å². The zero-order valence-electron chi connectivity index (χ0n) is 13.7. The lowest BCUT2D eigenvalue weighted by Gasteiger charge is -2.33. The minimum Gasteiger partial charge on any atom is -0.335 e. The van der Waals surface area contributed by atoms with E-state index in [1.165, 1.54) is 21.7 Å². The van der Waals surface area contributed by atoms with Crippen molar-refractivity contribution in [3.05, 3.63) is 40.3 Å². The third-order valence-electron chi connectivity index (χ3n) is 4.52. The highest BCUT2D eigenvalue weighted by atomic mass is 32.2. The molecular formula is C16H16N4O4S2. The monoisotopic (exact) mass is 392 g/mol. The van der Waals surface area contributed by atoms with Crippen LogP contribution in [0.25, 0.3) is 0 Å². The van der Waals surface area contributed by atoms with E-state index in [4.69, 9.17) is 0 Å². The molecule has 0 atom stereocenters. The average Bonchev–Trinajstić information content (AvgIpc) is 3.29. The molecule has 136 valence electrons. The van der Waals surface area contributed by atoms with Crippen molar-refractivity contribution in [2.45, 2.75) is 11.3 Å². The summed E-state index contributed by atoms with van der Waals surface area (Å²) in [5.41, 5.74) is 3.34.